The molecule has 35 heavy (non-hydrogen) atoms. The quantitative estimate of drug-likeness (QED) is 0.425. The van der Waals surface area contributed by atoms with Gasteiger partial charge in [0.1, 0.15) is 11.6 Å². The Morgan fingerprint density at radius 2 is 2.09 bits per heavy atom. The van der Waals surface area contributed by atoms with Gasteiger partial charge >= 0.3 is 0 Å². The fourth-order valence-electron chi connectivity index (χ4n) is 3.76. The monoisotopic (exact) mass is 497 g/mol. The molecule has 0 unspecified atom stereocenters. The van der Waals surface area contributed by atoms with Crippen molar-refractivity contribution in [2.45, 2.75) is 40.0 Å². The largest absolute Gasteiger partial charge is 0.497 e. The van der Waals surface area contributed by atoms with Crippen molar-refractivity contribution in [2.75, 3.05) is 30.4 Å². The maximum absolute atomic E-state index is 12.5. The van der Waals surface area contributed by atoms with Crippen LogP contribution in [-0.4, -0.2) is 38.6 Å². The molecule has 2 heterocycles. The lowest BCUT2D eigenvalue weighted by molar-refractivity contribution is 0.414. The molecule has 1 aromatic heterocycles. The molecule has 0 atom stereocenters. The molecule has 0 aliphatic carbocycles. The number of allylic oxidation sites excluding steroid dienone is 4. The van der Waals surface area contributed by atoms with Gasteiger partial charge in [-0.3, -0.25) is 0 Å². The first-order valence-electron chi connectivity index (χ1n) is 11.8. The van der Waals surface area contributed by atoms with Crippen molar-refractivity contribution in [1.82, 2.24) is 14.7 Å². The summed E-state index contributed by atoms with van der Waals surface area (Å²) in [5, 5.41) is 3.15. The van der Waals surface area contributed by atoms with Crippen LogP contribution in [-0.2, 0) is 16.4 Å². The van der Waals surface area contributed by atoms with Crippen LogP contribution in [0.25, 0.3) is 0 Å². The fourth-order valence-corrected chi connectivity index (χ4v) is 4.78. The minimum absolute atomic E-state index is 0.109. The van der Waals surface area contributed by atoms with Gasteiger partial charge in [0.05, 0.1) is 12.0 Å². The van der Waals surface area contributed by atoms with Gasteiger partial charge in [-0.05, 0) is 80.2 Å². The van der Waals surface area contributed by atoms with Gasteiger partial charge in [0, 0.05) is 30.7 Å². The van der Waals surface area contributed by atoms with Gasteiger partial charge in [-0.25, -0.2) is 18.1 Å². The number of aromatic nitrogens is 2. The topological polar surface area (TPSA) is 96.4 Å². The molecule has 3 rings (SSSR count). The van der Waals surface area contributed by atoms with Crippen LogP contribution in [0, 0.1) is 5.92 Å². The van der Waals surface area contributed by atoms with Gasteiger partial charge in [-0.15, -0.1) is 0 Å². The molecule has 0 saturated heterocycles. The smallest absolute Gasteiger partial charge is 0.240 e. The molecule has 0 spiro atoms. The van der Waals surface area contributed by atoms with Crippen molar-refractivity contribution in [3.8, 4) is 5.75 Å². The summed E-state index contributed by atoms with van der Waals surface area (Å²) in [7, 11) is -1.94. The number of anilines is 3. The Balaban J connectivity index is 1.74. The molecule has 188 valence electrons. The summed E-state index contributed by atoms with van der Waals surface area (Å²) in [6, 6.07) is 7.98. The lowest BCUT2D eigenvalue weighted by Crippen LogP contribution is -2.26. The van der Waals surface area contributed by atoms with E-state index in [1.165, 1.54) is 17.7 Å². The van der Waals surface area contributed by atoms with Crippen molar-refractivity contribution in [3.05, 3.63) is 71.4 Å². The zero-order chi connectivity index (χ0) is 25.4. The third kappa shape index (κ3) is 7.16. The number of ether oxygens (including phenoxy) is 1. The number of hydrogen-bond acceptors (Lipinski definition) is 7. The molecule has 2 aromatic rings. The highest BCUT2D eigenvalue weighted by Crippen LogP contribution is 2.34. The molecule has 0 saturated carbocycles. The van der Waals surface area contributed by atoms with Gasteiger partial charge in [0.2, 0.25) is 16.0 Å². The summed E-state index contributed by atoms with van der Waals surface area (Å²) in [6.07, 6.45) is 9.02. The van der Waals surface area contributed by atoms with Gasteiger partial charge in [0.15, 0.2) is 0 Å². The van der Waals surface area contributed by atoms with Crippen molar-refractivity contribution in [2.24, 2.45) is 5.92 Å². The standard InChI is InChI=1S/C26H35N5O3S/c1-6-23(35(32,33)28-16-13-19(2)3)11-9-20(4)29-26-27-15-14-25(30-26)31-17-7-8-21-18-22(34-5)10-12-24(21)31/h6,9-12,14-15,18-19,28H,1,7-8,13,16-17H2,2-5H3,(H,27,29,30)/b20-9+,23-11+. The highest BCUT2D eigenvalue weighted by Gasteiger charge is 2.20. The van der Waals surface area contributed by atoms with E-state index in [-0.39, 0.29) is 4.91 Å². The summed E-state index contributed by atoms with van der Waals surface area (Å²) in [4.78, 5) is 11.3. The molecular formula is C26H35N5O3S. The number of nitrogens with one attached hydrogen (secondary N) is 2. The average Bonchev–Trinajstić information content (AvgIpc) is 2.83. The molecule has 2 N–H and O–H groups in total. The van der Waals surface area contributed by atoms with Crippen molar-refractivity contribution in [3.63, 3.8) is 0 Å². The van der Waals surface area contributed by atoms with E-state index in [0.717, 1.165) is 43.1 Å². The third-order valence-electron chi connectivity index (χ3n) is 5.65. The van der Waals surface area contributed by atoms with Gasteiger partial charge in [0.25, 0.3) is 0 Å². The average molecular weight is 498 g/mol. The highest BCUT2D eigenvalue weighted by molar-refractivity contribution is 7.93. The van der Waals surface area contributed by atoms with E-state index in [0.29, 0.717) is 24.1 Å². The number of rotatable bonds is 11. The van der Waals surface area contributed by atoms with E-state index in [4.69, 9.17) is 9.72 Å². The van der Waals surface area contributed by atoms with Crippen LogP contribution in [0.3, 0.4) is 0 Å². The number of methoxy groups -OCH3 is 1. The van der Waals surface area contributed by atoms with Crippen LogP contribution in [0.15, 0.2) is 65.9 Å². The van der Waals surface area contributed by atoms with Gasteiger partial charge in [-0.2, -0.15) is 4.98 Å². The number of hydrogen-bond donors (Lipinski definition) is 2. The summed E-state index contributed by atoms with van der Waals surface area (Å²) >= 11 is 0. The lowest BCUT2D eigenvalue weighted by Gasteiger charge is -2.30. The number of nitrogens with zero attached hydrogens (tertiary/aromatic N) is 3. The minimum Gasteiger partial charge on any atom is -0.497 e. The zero-order valence-corrected chi connectivity index (χ0v) is 21.7. The SMILES string of the molecule is C=C/C(=C\C=C(/C)Nc1nccc(N2CCCc3cc(OC)ccc32)n1)S(=O)(=O)NCCC(C)C. The van der Waals surface area contributed by atoms with Gasteiger partial charge in [-0.1, -0.05) is 20.4 Å². The van der Waals surface area contributed by atoms with Crippen molar-refractivity contribution >= 4 is 27.5 Å². The van der Waals surface area contributed by atoms with E-state index in [9.17, 15) is 8.42 Å². The summed E-state index contributed by atoms with van der Waals surface area (Å²) in [6.45, 7) is 10.8. The van der Waals surface area contributed by atoms with E-state index in [2.05, 4.69) is 52.5 Å². The first-order chi connectivity index (χ1) is 16.7. The lowest BCUT2D eigenvalue weighted by atomic mass is 10.0. The molecule has 9 heteroatoms. The molecule has 0 amide bonds. The summed E-state index contributed by atoms with van der Waals surface area (Å²) in [5.74, 6) is 2.49. The van der Waals surface area contributed by atoms with Crippen LogP contribution in [0.2, 0.25) is 0 Å². The van der Waals surface area contributed by atoms with Crippen LogP contribution in [0.4, 0.5) is 17.5 Å². The zero-order valence-electron chi connectivity index (χ0n) is 20.9. The maximum Gasteiger partial charge on any atom is 0.240 e. The number of benzene rings is 1. The van der Waals surface area contributed by atoms with Crippen LogP contribution < -0.4 is 19.7 Å². The molecular weight excluding hydrogens is 462 g/mol. The molecule has 0 bridgehead atoms. The first kappa shape index (κ1) is 26.4. The number of aryl methyl sites for hydroxylation is 1. The van der Waals surface area contributed by atoms with E-state index < -0.39 is 10.0 Å². The van der Waals surface area contributed by atoms with E-state index >= 15 is 0 Å². The summed E-state index contributed by atoms with van der Waals surface area (Å²) in [5.41, 5.74) is 3.04. The Kier molecular flexibility index (Phi) is 9.06. The number of sulfonamides is 1. The molecule has 0 radical (unpaired) electrons. The Morgan fingerprint density at radius 1 is 1.29 bits per heavy atom. The third-order valence-corrected chi connectivity index (χ3v) is 7.16. The van der Waals surface area contributed by atoms with Crippen molar-refractivity contribution in [1.29, 1.82) is 0 Å². The fraction of sp³-hybridized carbons (Fsp3) is 0.385. The van der Waals surface area contributed by atoms with Crippen LogP contribution in [0.5, 0.6) is 5.75 Å². The molecule has 1 aliphatic heterocycles. The normalized spacial score (nSPS) is 14.6. The maximum atomic E-state index is 12.5. The Hall–Kier alpha value is -3.17. The molecule has 8 nitrogen and oxygen atoms in total. The second kappa shape index (κ2) is 12.0. The second-order valence-corrected chi connectivity index (χ2v) is 10.6. The first-order valence-corrected chi connectivity index (χ1v) is 13.3. The van der Waals surface area contributed by atoms with Crippen LogP contribution >= 0.6 is 0 Å². The van der Waals surface area contributed by atoms with E-state index in [1.807, 2.05) is 19.1 Å². The Labute approximate surface area is 208 Å². The predicted molar refractivity (Wildman–Crippen MR) is 142 cm³/mol. The van der Waals surface area contributed by atoms with Crippen molar-refractivity contribution < 1.29 is 13.2 Å². The predicted octanol–water partition coefficient (Wildman–Crippen LogP) is 4.92. The second-order valence-electron chi connectivity index (χ2n) is 8.82. The number of fused-ring (bicyclic) bond motifs is 1. The Bertz CT molecular complexity index is 1210. The van der Waals surface area contributed by atoms with E-state index in [1.54, 1.807) is 19.4 Å². The summed E-state index contributed by atoms with van der Waals surface area (Å²) < 4.78 is 33.1. The van der Waals surface area contributed by atoms with Crippen LogP contribution in [0.1, 0.15) is 39.2 Å². The molecule has 0 fully saturated rings. The molecule has 1 aliphatic rings. The molecule has 1 aromatic carbocycles. The highest BCUT2D eigenvalue weighted by atomic mass is 32.2. The Morgan fingerprint density at radius 3 is 2.80 bits per heavy atom. The van der Waals surface area contributed by atoms with Gasteiger partial charge < -0.3 is 15.0 Å². The minimum atomic E-state index is -3.62.